The predicted octanol–water partition coefficient (Wildman–Crippen LogP) is 2.90. The first kappa shape index (κ1) is 15.3. The third-order valence-corrected chi connectivity index (χ3v) is 4.44. The molecule has 3 heteroatoms. The van der Waals surface area contributed by atoms with E-state index < -0.39 is 0 Å². The molecular formula is C17H27NO2. The van der Waals surface area contributed by atoms with Gasteiger partial charge in [0.1, 0.15) is 5.75 Å². The molecule has 0 aliphatic carbocycles. The first-order chi connectivity index (χ1) is 9.51. The third kappa shape index (κ3) is 3.53. The summed E-state index contributed by atoms with van der Waals surface area (Å²) in [6.45, 7) is 9.29. The van der Waals surface area contributed by atoms with E-state index in [-0.39, 0.29) is 6.10 Å². The molecule has 112 valence electrons. The van der Waals surface area contributed by atoms with Gasteiger partial charge in [0.05, 0.1) is 13.2 Å². The minimum absolute atomic E-state index is 0.164. The van der Waals surface area contributed by atoms with Crippen LogP contribution in [-0.2, 0) is 6.54 Å². The van der Waals surface area contributed by atoms with E-state index in [2.05, 4.69) is 30.9 Å². The van der Waals surface area contributed by atoms with Crippen LogP contribution in [0.3, 0.4) is 0 Å². The first-order valence-electron chi connectivity index (χ1n) is 7.55. The van der Waals surface area contributed by atoms with Crippen molar-refractivity contribution in [3.63, 3.8) is 0 Å². The van der Waals surface area contributed by atoms with Gasteiger partial charge >= 0.3 is 0 Å². The van der Waals surface area contributed by atoms with Gasteiger partial charge in [0.15, 0.2) is 0 Å². The third-order valence-electron chi connectivity index (χ3n) is 4.44. The molecule has 0 amide bonds. The molecule has 1 aliphatic rings. The molecule has 1 aromatic carbocycles. The maximum absolute atomic E-state index is 9.65. The van der Waals surface area contributed by atoms with Gasteiger partial charge in [-0.3, -0.25) is 4.90 Å². The van der Waals surface area contributed by atoms with E-state index >= 15 is 0 Å². The lowest BCUT2D eigenvalue weighted by Gasteiger charge is -2.33. The van der Waals surface area contributed by atoms with Crippen molar-refractivity contribution < 1.29 is 9.84 Å². The molecule has 0 saturated carbocycles. The Morgan fingerprint density at radius 1 is 1.25 bits per heavy atom. The predicted molar refractivity (Wildman–Crippen MR) is 82.1 cm³/mol. The lowest BCUT2D eigenvalue weighted by molar-refractivity contribution is 0.0695. The maximum Gasteiger partial charge on any atom is 0.124 e. The van der Waals surface area contributed by atoms with Crippen molar-refractivity contribution in [1.82, 2.24) is 4.90 Å². The van der Waals surface area contributed by atoms with Crippen molar-refractivity contribution in [1.29, 1.82) is 0 Å². The average Bonchev–Trinajstić information content (AvgIpc) is 2.39. The SMILES string of the molecule is COc1c(C)cc(CN2CCC(C(C)O)CC2)cc1C. The summed E-state index contributed by atoms with van der Waals surface area (Å²) < 4.78 is 5.42. The first-order valence-corrected chi connectivity index (χ1v) is 7.55. The van der Waals surface area contributed by atoms with Gasteiger partial charge in [-0.15, -0.1) is 0 Å². The van der Waals surface area contributed by atoms with Crippen LogP contribution in [0.25, 0.3) is 0 Å². The summed E-state index contributed by atoms with van der Waals surface area (Å²) in [4.78, 5) is 2.49. The number of ether oxygens (including phenoxy) is 1. The molecule has 1 saturated heterocycles. The lowest BCUT2D eigenvalue weighted by Crippen LogP contribution is -2.36. The highest BCUT2D eigenvalue weighted by Crippen LogP contribution is 2.26. The Labute approximate surface area is 122 Å². The molecule has 20 heavy (non-hydrogen) atoms. The summed E-state index contributed by atoms with van der Waals surface area (Å²) in [5.74, 6) is 1.48. The molecule has 1 aliphatic heterocycles. The van der Waals surface area contributed by atoms with Gasteiger partial charge in [-0.05, 0) is 69.3 Å². The number of benzene rings is 1. The van der Waals surface area contributed by atoms with E-state index in [9.17, 15) is 5.11 Å². The second kappa shape index (κ2) is 6.59. The van der Waals surface area contributed by atoms with E-state index in [1.807, 2.05) is 6.92 Å². The standard InChI is InChI=1S/C17H27NO2/c1-12-9-15(10-13(2)17(12)20-4)11-18-7-5-16(6-8-18)14(3)19/h9-10,14,16,19H,5-8,11H2,1-4H3. The minimum Gasteiger partial charge on any atom is -0.496 e. The zero-order valence-electron chi connectivity index (χ0n) is 13.1. The number of hydrogen-bond donors (Lipinski definition) is 1. The van der Waals surface area contributed by atoms with Crippen molar-refractivity contribution in [3.05, 3.63) is 28.8 Å². The molecule has 0 radical (unpaired) electrons. The molecule has 1 atom stereocenters. The summed E-state index contributed by atoms with van der Waals surface area (Å²) >= 11 is 0. The topological polar surface area (TPSA) is 32.7 Å². The Kier molecular flexibility index (Phi) is 5.06. The number of methoxy groups -OCH3 is 1. The van der Waals surface area contributed by atoms with Crippen molar-refractivity contribution in [2.45, 2.75) is 46.3 Å². The van der Waals surface area contributed by atoms with Gasteiger partial charge in [0, 0.05) is 6.54 Å². The second-order valence-electron chi connectivity index (χ2n) is 6.12. The van der Waals surface area contributed by atoms with E-state index in [4.69, 9.17) is 4.74 Å². The smallest absolute Gasteiger partial charge is 0.124 e. The van der Waals surface area contributed by atoms with Gasteiger partial charge in [-0.2, -0.15) is 0 Å². The van der Waals surface area contributed by atoms with Gasteiger partial charge in [0.25, 0.3) is 0 Å². The number of aryl methyl sites for hydroxylation is 2. The number of rotatable bonds is 4. The van der Waals surface area contributed by atoms with E-state index in [1.165, 1.54) is 16.7 Å². The number of aliphatic hydroxyl groups is 1. The molecule has 3 nitrogen and oxygen atoms in total. The van der Waals surface area contributed by atoms with Gasteiger partial charge in [0.2, 0.25) is 0 Å². The Morgan fingerprint density at radius 2 is 1.80 bits per heavy atom. The molecule has 1 heterocycles. The van der Waals surface area contributed by atoms with Crippen LogP contribution in [0.4, 0.5) is 0 Å². The summed E-state index contributed by atoms with van der Waals surface area (Å²) in [5, 5.41) is 9.65. The molecule has 0 bridgehead atoms. The number of likely N-dealkylation sites (tertiary alicyclic amines) is 1. The monoisotopic (exact) mass is 277 g/mol. The zero-order valence-corrected chi connectivity index (χ0v) is 13.1. The van der Waals surface area contributed by atoms with Crippen LogP contribution in [0, 0.1) is 19.8 Å². The fraction of sp³-hybridized carbons (Fsp3) is 0.647. The largest absolute Gasteiger partial charge is 0.496 e. The van der Waals surface area contributed by atoms with Crippen LogP contribution in [-0.4, -0.2) is 36.3 Å². The molecule has 0 aromatic heterocycles. The maximum atomic E-state index is 9.65. The molecule has 1 fully saturated rings. The number of aliphatic hydroxyl groups excluding tert-OH is 1. The van der Waals surface area contributed by atoms with Crippen molar-refractivity contribution in [2.75, 3.05) is 20.2 Å². The summed E-state index contributed by atoms with van der Waals surface area (Å²) in [7, 11) is 1.73. The average molecular weight is 277 g/mol. The van der Waals surface area contributed by atoms with Gasteiger partial charge < -0.3 is 9.84 Å². The molecule has 1 N–H and O–H groups in total. The quantitative estimate of drug-likeness (QED) is 0.918. The zero-order chi connectivity index (χ0) is 14.7. The Morgan fingerprint density at radius 3 is 2.25 bits per heavy atom. The van der Waals surface area contributed by atoms with Crippen LogP contribution in [0.2, 0.25) is 0 Å². The number of hydrogen-bond acceptors (Lipinski definition) is 3. The summed E-state index contributed by atoms with van der Waals surface area (Å²) in [6.07, 6.45) is 2.04. The van der Waals surface area contributed by atoms with Crippen LogP contribution in [0.5, 0.6) is 5.75 Å². The Hall–Kier alpha value is -1.06. The van der Waals surface area contributed by atoms with Gasteiger partial charge in [-0.25, -0.2) is 0 Å². The Balaban J connectivity index is 1.98. The van der Waals surface area contributed by atoms with Crippen molar-refractivity contribution in [2.24, 2.45) is 5.92 Å². The lowest BCUT2D eigenvalue weighted by atomic mass is 9.92. The normalized spacial score (nSPS) is 19.1. The molecule has 1 unspecified atom stereocenters. The van der Waals surface area contributed by atoms with E-state index in [0.29, 0.717) is 5.92 Å². The Bertz CT molecular complexity index is 425. The molecule has 1 aromatic rings. The summed E-state index contributed by atoms with van der Waals surface area (Å²) in [6, 6.07) is 4.46. The number of piperidine rings is 1. The second-order valence-corrected chi connectivity index (χ2v) is 6.12. The van der Waals surface area contributed by atoms with E-state index in [1.54, 1.807) is 7.11 Å². The fourth-order valence-corrected chi connectivity index (χ4v) is 3.30. The van der Waals surface area contributed by atoms with Crippen LogP contribution in [0.15, 0.2) is 12.1 Å². The van der Waals surface area contributed by atoms with Crippen LogP contribution in [0.1, 0.15) is 36.5 Å². The highest BCUT2D eigenvalue weighted by atomic mass is 16.5. The molecule has 2 rings (SSSR count). The number of nitrogens with zero attached hydrogens (tertiary/aromatic N) is 1. The minimum atomic E-state index is -0.164. The molecular weight excluding hydrogens is 250 g/mol. The summed E-state index contributed by atoms with van der Waals surface area (Å²) in [5.41, 5.74) is 3.78. The van der Waals surface area contributed by atoms with Crippen LogP contribution < -0.4 is 4.74 Å². The van der Waals surface area contributed by atoms with Crippen molar-refractivity contribution >= 4 is 0 Å². The van der Waals surface area contributed by atoms with Crippen LogP contribution >= 0.6 is 0 Å². The highest BCUT2D eigenvalue weighted by molar-refractivity contribution is 5.43. The fourth-order valence-electron chi connectivity index (χ4n) is 3.30. The molecule has 0 spiro atoms. The van der Waals surface area contributed by atoms with Crippen molar-refractivity contribution in [3.8, 4) is 5.75 Å². The van der Waals surface area contributed by atoms with Gasteiger partial charge in [-0.1, -0.05) is 12.1 Å². The van der Waals surface area contributed by atoms with E-state index in [0.717, 1.165) is 38.2 Å². The highest BCUT2D eigenvalue weighted by Gasteiger charge is 2.22.